The summed E-state index contributed by atoms with van der Waals surface area (Å²) >= 11 is 0. The molecule has 0 spiro atoms. The van der Waals surface area contributed by atoms with Crippen molar-refractivity contribution in [2.45, 2.75) is 13.0 Å². The van der Waals surface area contributed by atoms with E-state index in [4.69, 9.17) is 0 Å². The van der Waals surface area contributed by atoms with E-state index >= 15 is 0 Å². The molecular weight excluding hydrogens is 472 g/mol. The number of hydrogen-bond donors (Lipinski definition) is 0. The molecule has 2 aliphatic rings. The Labute approximate surface area is 223 Å². The van der Waals surface area contributed by atoms with Crippen LogP contribution in [0, 0.1) is 18.3 Å². The number of nitriles is 1. The van der Waals surface area contributed by atoms with Gasteiger partial charge in [0.05, 0.1) is 29.2 Å². The van der Waals surface area contributed by atoms with Crippen LogP contribution in [-0.4, -0.2) is 53.6 Å². The minimum Gasteiger partial charge on any atom is -0.368 e. The number of amides is 1. The van der Waals surface area contributed by atoms with Gasteiger partial charge in [-0.1, -0.05) is 42.5 Å². The molecule has 1 aromatic heterocycles. The number of fused-ring (bicyclic) bond motifs is 2. The lowest BCUT2D eigenvalue weighted by Gasteiger charge is -2.41. The molecule has 1 atom stereocenters. The van der Waals surface area contributed by atoms with Crippen LogP contribution in [0.25, 0.3) is 11.3 Å². The summed E-state index contributed by atoms with van der Waals surface area (Å²) in [5.74, 6) is 0.963. The predicted molar refractivity (Wildman–Crippen MR) is 149 cm³/mol. The fraction of sp³-hybridized carbons (Fsp3) is 0.258. The highest BCUT2D eigenvalue weighted by molar-refractivity contribution is 6.08. The molecule has 190 valence electrons. The van der Waals surface area contributed by atoms with Crippen LogP contribution < -0.4 is 9.80 Å². The van der Waals surface area contributed by atoms with Gasteiger partial charge in [-0.05, 0) is 42.3 Å². The number of nitrogens with zero attached hydrogens (tertiary/aromatic N) is 6. The van der Waals surface area contributed by atoms with Crippen molar-refractivity contribution in [3.05, 3.63) is 101 Å². The van der Waals surface area contributed by atoms with E-state index in [2.05, 4.69) is 51.2 Å². The second kappa shape index (κ2) is 9.47. The van der Waals surface area contributed by atoms with Gasteiger partial charge in [0.15, 0.2) is 0 Å². The van der Waals surface area contributed by atoms with Crippen LogP contribution in [0.15, 0.2) is 72.9 Å². The fourth-order valence-electron chi connectivity index (χ4n) is 5.86. The molecule has 0 aliphatic carbocycles. The van der Waals surface area contributed by atoms with Crippen molar-refractivity contribution in [1.82, 2.24) is 14.5 Å². The molecular formula is C31H30N6O. The highest BCUT2D eigenvalue weighted by atomic mass is 16.2. The van der Waals surface area contributed by atoms with E-state index in [9.17, 15) is 10.1 Å². The van der Waals surface area contributed by atoms with Crippen LogP contribution in [0.2, 0.25) is 0 Å². The molecule has 1 unspecified atom stereocenters. The predicted octanol–water partition coefficient (Wildman–Crippen LogP) is 4.77. The van der Waals surface area contributed by atoms with Gasteiger partial charge in [0.1, 0.15) is 11.9 Å². The van der Waals surface area contributed by atoms with Crippen molar-refractivity contribution in [2.75, 3.05) is 43.0 Å². The van der Waals surface area contributed by atoms with Crippen LogP contribution in [-0.2, 0) is 7.05 Å². The Bertz CT molecular complexity index is 1570. The fourth-order valence-corrected chi connectivity index (χ4v) is 5.86. The molecule has 7 heteroatoms. The summed E-state index contributed by atoms with van der Waals surface area (Å²) in [6.45, 7) is 5.20. The molecule has 3 aromatic carbocycles. The van der Waals surface area contributed by atoms with E-state index in [1.165, 1.54) is 0 Å². The normalized spacial score (nSPS) is 17.5. The summed E-state index contributed by atoms with van der Waals surface area (Å²) in [5, 5.41) is 10.0. The molecule has 3 heterocycles. The number of carbonyl (C=O) groups excluding carboxylic acids is 1. The number of aryl methyl sites for hydroxylation is 1. The van der Waals surface area contributed by atoms with Crippen LogP contribution in [0.5, 0.6) is 0 Å². The lowest BCUT2D eigenvalue weighted by atomic mass is 9.93. The Morgan fingerprint density at radius 1 is 0.895 bits per heavy atom. The third kappa shape index (κ3) is 3.85. The standard InChI is InChI=1S/C31H30N6O/c1-21-33-20-29(34(21)2)22-12-13-27(23(18-22)19-32)36-14-16-37(17-15-36)30-24-8-4-5-9-25(24)31(38)35(3)28-11-7-6-10-26(28)30/h4-13,18,20,30H,14-17H2,1-3H3. The van der Waals surface area contributed by atoms with E-state index in [-0.39, 0.29) is 11.9 Å². The molecule has 1 amide bonds. The monoisotopic (exact) mass is 502 g/mol. The summed E-state index contributed by atoms with van der Waals surface area (Å²) < 4.78 is 2.04. The summed E-state index contributed by atoms with van der Waals surface area (Å²) in [6, 6.07) is 24.7. The topological polar surface area (TPSA) is 68.4 Å². The van der Waals surface area contributed by atoms with Gasteiger partial charge in [-0.3, -0.25) is 9.69 Å². The van der Waals surface area contributed by atoms with Crippen molar-refractivity contribution in [3.63, 3.8) is 0 Å². The average molecular weight is 503 g/mol. The molecule has 1 saturated heterocycles. The molecule has 1 fully saturated rings. The lowest BCUT2D eigenvalue weighted by molar-refractivity contribution is 0.0992. The van der Waals surface area contributed by atoms with E-state index in [1.807, 2.05) is 68.2 Å². The Morgan fingerprint density at radius 2 is 1.61 bits per heavy atom. The van der Waals surface area contributed by atoms with Crippen LogP contribution in [0.3, 0.4) is 0 Å². The zero-order valence-corrected chi connectivity index (χ0v) is 21.9. The average Bonchev–Trinajstić information content (AvgIpc) is 3.26. The molecule has 2 aliphatic heterocycles. The smallest absolute Gasteiger partial charge is 0.258 e. The first-order chi connectivity index (χ1) is 18.5. The molecule has 7 nitrogen and oxygen atoms in total. The Hall–Kier alpha value is -4.41. The van der Waals surface area contributed by atoms with E-state index < -0.39 is 0 Å². The number of rotatable bonds is 3. The number of carbonyl (C=O) groups is 1. The first kappa shape index (κ1) is 24.0. The van der Waals surface area contributed by atoms with Crippen molar-refractivity contribution in [3.8, 4) is 17.3 Å². The highest BCUT2D eigenvalue weighted by Gasteiger charge is 2.35. The number of para-hydroxylation sites is 1. The summed E-state index contributed by atoms with van der Waals surface area (Å²) in [4.78, 5) is 24.3. The lowest BCUT2D eigenvalue weighted by Crippen LogP contribution is -2.48. The molecule has 6 rings (SSSR count). The number of benzene rings is 3. The van der Waals surface area contributed by atoms with Gasteiger partial charge in [-0.15, -0.1) is 0 Å². The molecule has 0 bridgehead atoms. The summed E-state index contributed by atoms with van der Waals surface area (Å²) in [6.07, 6.45) is 1.86. The molecule has 4 aromatic rings. The first-order valence-electron chi connectivity index (χ1n) is 13.0. The second-order valence-corrected chi connectivity index (χ2v) is 10.0. The number of hydrogen-bond acceptors (Lipinski definition) is 5. The molecule has 38 heavy (non-hydrogen) atoms. The zero-order chi connectivity index (χ0) is 26.4. The van der Waals surface area contributed by atoms with Crippen LogP contribution in [0.1, 0.15) is 38.9 Å². The maximum Gasteiger partial charge on any atom is 0.258 e. The number of anilines is 2. The molecule has 0 N–H and O–H groups in total. The van der Waals surface area contributed by atoms with Crippen molar-refractivity contribution >= 4 is 17.3 Å². The van der Waals surface area contributed by atoms with Gasteiger partial charge in [-0.2, -0.15) is 5.26 Å². The largest absolute Gasteiger partial charge is 0.368 e. The summed E-state index contributed by atoms with van der Waals surface area (Å²) in [5.41, 5.74) is 7.54. The van der Waals surface area contributed by atoms with Crippen LogP contribution >= 0.6 is 0 Å². The summed E-state index contributed by atoms with van der Waals surface area (Å²) in [7, 11) is 3.85. The first-order valence-corrected chi connectivity index (χ1v) is 13.0. The Kier molecular flexibility index (Phi) is 5.97. The van der Waals surface area contributed by atoms with E-state index in [0.717, 1.165) is 71.3 Å². The molecule has 0 saturated carbocycles. The minimum atomic E-state index is -0.00987. The SMILES string of the molecule is Cc1ncc(-c2ccc(N3CCN(C4c5ccccc5C(=O)N(C)c5ccccc54)CC3)c(C#N)c2)n1C. The maximum absolute atomic E-state index is 13.4. The van der Waals surface area contributed by atoms with Crippen molar-refractivity contribution in [2.24, 2.45) is 7.05 Å². The van der Waals surface area contributed by atoms with Gasteiger partial charge < -0.3 is 14.4 Å². The van der Waals surface area contributed by atoms with Gasteiger partial charge in [0.25, 0.3) is 5.91 Å². The third-order valence-corrected chi connectivity index (χ3v) is 8.04. The zero-order valence-electron chi connectivity index (χ0n) is 21.9. The third-order valence-electron chi connectivity index (χ3n) is 8.04. The van der Waals surface area contributed by atoms with E-state index in [0.29, 0.717) is 5.56 Å². The number of piperazine rings is 1. The quantitative estimate of drug-likeness (QED) is 0.404. The van der Waals surface area contributed by atoms with Crippen molar-refractivity contribution < 1.29 is 4.79 Å². The van der Waals surface area contributed by atoms with Crippen LogP contribution in [0.4, 0.5) is 11.4 Å². The highest BCUT2D eigenvalue weighted by Crippen LogP contribution is 2.40. The Balaban J connectivity index is 1.30. The second-order valence-electron chi connectivity index (χ2n) is 10.0. The minimum absolute atomic E-state index is 0.00987. The van der Waals surface area contributed by atoms with Gasteiger partial charge in [-0.25, -0.2) is 4.98 Å². The van der Waals surface area contributed by atoms with Gasteiger partial charge in [0, 0.05) is 57.1 Å². The van der Waals surface area contributed by atoms with Gasteiger partial charge in [0.2, 0.25) is 0 Å². The number of imidazole rings is 1. The molecule has 0 radical (unpaired) electrons. The maximum atomic E-state index is 13.4. The Morgan fingerprint density at radius 3 is 2.32 bits per heavy atom. The van der Waals surface area contributed by atoms with Gasteiger partial charge >= 0.3 is 0 Å². The number of aromatic nitrogens is 2. The van der Waals surface area contributed by atoms with E-state index in [1.54, 1.807) is 4.90 Å². The van der Waals surface area contributed by atoms with Crippen molar-refractivity contribution in [1.29, 1.82) is 5.26 Å².